The number of rotatable bonds is 6. The Morgan fingerprint density at radius 2 is 2.00 bits per heavy atom. The lowest BCUT2D eigenvalue weighted by atomic mass is 10.2. The molecule has 104 valence electrons. The van der Waals surface area contributed by atoms with Crippen LogP contribution in [0, 0.1) is 0 Å². The molecule has 2 N–H and O–H groups in total. The second-order valence-electron chi connectivity index (χ2n) is 4.40. The molecular formula is C12H23N3O3. The van der Waals surface area contributed by atoms with Crippen molar-refractivity contribution in [3.05, 3.63) is 0 Å². The lowest BCUT2D eigenvalue weighted by molar-refractivity contribution is -0.139. The number of ether oxygens (including phenoxy) is 1. The predicted octanol–water partition coefficient (Wildman–Crippen LogP) is -0.650. The van der Waals surface area contributed by atoms with Gasteiger partial charge in [-0.05, 0) is 19.9 Å². The molecule has 6 heteroatoms. The molecule has 0 saturated carbocycles. The van der Waals surface area contributed by atoms with Gasteiger partial charge in [0, 0.05) is 13.1 Å². The van der Waals surface area contributed by atoms with Crippen LogP contribution in [0.4, 0.5) is 0 Å². The van der Waals surface area contributed by atoms with E-state index < -0.39 is 6.04 Å². The zero-order valence-electron chi connectivity index (χ0n) is 11.2. The van der Waals surface area contributed by atoms with Gasteiger partial charge >= 0.3 is 0 Å². The topological polar surface area (TPSA) is 70.7 Å². The third kappa shape index (κ3) is 5.01. The van der Waals surface area contributed by atoms with E-state index in [0.717, 1.165) is 13.0 Å². The summed E-state index contributed by atoms with van der Waals surface area (Å²) < 4.78 is 5.18. The third-order valence-corrected chi connectivity index (χ3v) is 2.78. The monoisotopic (exact) mass is 257 g/mol. The van der Waals surface area contributed by atoms with Gasteiger partial charge in [-0.1, -0.05) is 6.92 Å². The molecule has 1 unspecified atom stereocenters. The van der Waals surface area contributed by atoms with Crippen molar-refractivity contribution in [1.29, 1.82) is 0 Å². The maximum absolute atomic E-state index is 12.0. The highest BCUT2D eigenvalue weighted by Crippen LogP contribution is 2.00. The summed E-state index contributed by atoms with van der Waals surface area (Å²) in [7, 11) is 0. The Bertz CT molecular complexity index is 278. The van der Waals surface area contributed by atoms with Gasteiger partial charge in [0.25, 0.3) is 0 Å². The number of carbonyl (C=O) groups excluding carboxylic acids is 2. The summed E-state index contributed by atoms with van der Waals surface area (Å²) in [6.07, 6.45) is 0.982. The molecule has 0 radical (unpaired) electrons. The standard InChI is InChI=1S/C12H23N3O3/c1-3-4-13-9-11(16)14-10(2)12(17)15-5-7-18-8-6-15/h10,13H,3-9H2,1-2H3,(H,14,16). The van der Waals surface area contributed by atoms with Gasteiger partial charge in [0.05, 0.1) is 19.8 Å². The minimum atomic E-state index is -0.473. The molecule has 0 bridgehead atoms. The Morgan fingerprint density at radius 3 is 2.61 bits per heavy atom. The van der Waals surface area contributed by atoms with E-state index in [9.17, 15) is 9.59 Å². The number of nitrogens with one attached hydrogen (secondary N) is 2. The van der Waals surface area contributed by atoms with Crippen molar-refractivity contribution in [2.45, 2.75) is 26.3 Å². The van der Waals surface area contributed by atoms with Crippen molar-refractivity contribution in [3.63, 3.8) is 0 Å². The summed E-state index contributed by atoms with van der Waals surface area (Å²) in [6, 6.07) is -0.473. The van der Waals surface area contributed by atoms with Gasteiger partial charge in [-0.3, -0.25) is 9.59 Å². The predicted molar refractivity (Wildman–Crippen MR) is 68.2 cm³/mol. The first kappa shape index (κ1) is 14.9. The second kappa shape index (κ2) is 8.05. The number of hydrogen-bond donors (Lipinski definition) is 2. The highest BCUT2D eigenvalue weighted by atomic mass is 16.5. The quantitative estimate of drug-likeness (QED) is 0.620. The Labute approximate surface area is 108 Å². The van der Waals surface area contributed by atoms with E-state index in [1.807, 2.05) is 6.92 Å². The first-order valence-electron chi connectivity index (χ1n) is 6.51. The van der Waals surface area contributed by atoms with Crippen molar-refractivity contribution >= 4 is 11.8 Å². The number of morpholine rings is 1. The zero-order chi connectivity index (χ0) is 13.4. The van der Waals surface area contributed by atoms with Crippen molar-refractivity contribution < 1.29 is 14.3 Å². The molecule has 1 heterocycles. The van der Waals surface area contributed by atoms with Crippen LogP contribution < -0.4 is 10.6 Å². The summed E-state index contributed by atoms with van der Waals surface area (Å²) in [4.78, 5) is 25.3. The molecule has 0 aromatic carbocycles. The summed E-state index contributed by atoms with van der Waals surface area (Å²) in [5, 5.41) is 5.70. The van der Waals surface area contributed by atoms with E-state index in [0.29, 0.717) is 26.3 Å². The third-order valence-electron chi connectivity index (χ3n) is 2.78. The summed E-state index contributed by atoms with van der Waals surface area (Å²) in [6.45, 7) is 7.17. The number of hydrogen-bond acceptors (Lipinski definition) is 4. The maximum Gasteiger partial charge on any atom is 0.245 e. The molecule has 1 aliphatic heterocycles. The highest BCUT2D eigenvalue weighted by molar-refractivity contribution is 5.88. The van der Waals surface area contributed by atoms with Gasteiger partial charge in [-0.2, -0.15) is 0 Å². The summed E-state index contributed by atoms with van der Waals surface area (Å²) in [5.41, 5.74) is 0. The van der Waals surface area contributed by atoms with Gasteiger partial charge in [-0.25, -0.2) is 0 Å². The molecular weight excluding hydrogens is 234 g/mol. The molecule has 1 atom stereocenters. The van der Waals surface area contributed by atoms with Crippen molar-refractivity contribution in [2.75, 3.05) is 39.4 Å². The van der Waals surface area contributed by atoms with Crippen molar-refractivity contribution in [2.24, 2.45) is 0 Å². The molecule has 1 rings (SSSR count). The fourth-order valence-corrected chi connectivity index (χ4v) is 1.79. The number of nitrogens with zero attached hydrogens (tertiary/aromatic N) is 1. The highest BCUT2D eigenvalue weighted by Gasteiger charge is 2.23. The van der Waals surface area contributed by atoms with Crippen molar-refractivity contribution in [3.8, 4) is 0 Å². The molecule has 18 heavy (non-hydrogen) atoms. The molecule has 0 spiro atoms. The molecule has 0 aromatic heterocycles. The van der Waals surface area contributed by atoms with Crippen LogP contribution in [-0.4, -0.2) is 62.1 Å². The van der Waals surface area contributed by atoms with Gasteiger partial charge in [-0.15, -0.1) is 0 Å². The van der Waals surface area contributed by atoms with Gasteiger partial charge < -0.3 is 20.3 Å². The zero-order valence-corrected chi connectivity index (χ0v) is 11.2. The van der Waals surface area contributed by atoms with Crippen LogP contribution in [0.1, 0.15) is 20.3 Å². The number of carbonyl (C=O) groups is 2. The van der Waals surface area contributed by atoms with Crippen LogP contribution in [0.25, 0.3) is 0 Å². The van der Waals surface area contributed by atoms with Crippen LogP contribution in [0.2, 0.25) is 0 Å². The lowest BCUT2D eigenvalue weighted by Gasteiger charge is -2.29. The Kier molecular flexibility index (Phi) is 6.67. The van der Waals surface area contributed by atoms with Crippen LogP contribution >= 0.6 is 0 Å². The summed E-state index contributed by atoms with van der Waals surface area (Å²) in [5.74, 6) is -0.181. The van der Waals surface area contributed by atoms with E-state index in [1.54, 1.807) is 11.8 Å². The average molecular weight is 257 g/mol. The van der Waals surface area contributed by atoms with E-state index in [4.69, 9.17) is 4.74 Å². The molecule has 1 aliphatic rings. The van der Waals surface area contributed by atoms with Crippen LogP contribution in [0.15, 0.2) is 0 Å². The normalized spacial score (nSPS) is 17.3. The molecule has 0 aliphatic carbocycles. The maximum atomic E-state index is 12.0. The van der Waals surface area contributed by atoms with Gasteiger partial charge in [0.1, 0.15) is 6.04 Å². The van der Waals surface area contributed by atoms with Crippen molar-refractivity contribution in [1.82, 2.24) is 15.5 Å². The van der Waals surface area contributed by atoms with Gasteiger partial charge in [0.15, 0.2) is 0 Å². The first-order chi connectivity index (χ1) is 8.65. The Balaban J connectivity index is 2.27. The molecule has 2 amide bonds. The largest absolute Gasteiger partial charge is 0.378 e. The van der Waals surface area contributed by atoms with E-state index in [1.165, 1.54) is 0 Å². The van der Waals surface area contributed by atoms with Gasteiger partial charge in [0.2, 0.25) is 11.8 Å². The fourth-order valence-electron chi connectivity index (χ4n) is 1.79. The first-order valence-corrected chi connectivity index (χ1v) is 6.51. The number of amides is 2. The second-order valence-corrected chi connectivity index (χ2v) is 4.40. The Morgan fingerprint density at radius 1 is 1.33 bits per heavy atom. The van der Waals surface area contributed by atoms with E-state index in [2.05, 4.69) is 10.6 Å². The van der Waals surface area contributed by atoms with Crippen LogP contribution in [-0.2, 0) is 14.3 Å². The summed E-state index contributed by atoms with van der Waals surface area (Å²) >= 11 is 0. The minimum Gasteiger partial charge on any atom is -0.378 e. The molecule has 6 nitrogen and oxygen atoms in total. The fraction of sp³-hybridized carbons (Fsp3) is 0.833. The minimum absolute atomic E-state index is 0.0397. The lowest BCUT2D eigenvalue weighted by Crippen LogP contribution is -2.51. The van der Waals surface area contributed by atoms with Crippen LogP contribution in [0.5, 0.6) is 0 Å². The van der Waals surface area contributed by atoms with Crippen LogP contribution in [0.3, 0.4) is 0 Å². The molecule has 1 fully saturated rings. The van der Waals surface area contributed by atoms with E-state index >= 15 is 0 Å². The Hall–Kier alpha value is -1.14. The average Bonchev–Trinajstić information content (AvgIpc) is 2.39. The molecule has 0 aromatic rings. The smallest absolute Gasteiger partial charge is 0.245 e. The molecule has 1 saturated heterocycles. The van der Waals surface area contributed by atoms with E-state index in [-0.39, 0.29) is 18.4 Å². The SMILES string of the molecule is CCCNCC(=O)NC(C)C(=O)N1CCOCC1.